The van der Waals surface area contributed by atoms with Gasteiger partial charge in [-0.2, -0.15) is 0 Å². The normalized spacial score (nSPS) is 26.2. The van der Waals surface area contributed by atoms with Gasteiger partial charge in [0.25, 0.3) is 5.91 Å². The summed E-state index contributed by atoms with van der Waals surface area (Å²) in [5, 5.41) is 25.6. The summed E-state index contributed by atoms with van der Waals surface area (Å²) in [6, 6.07) is 8.67. The van der Waals surface area contributed by atoms with Gasteiger partial charge in [-0.1, -0.05) is 13.0 Å². The summed E-state index contributed by atoms with van der Waals surface area (Å²) in [6.45, 7) is 2.53. The van der Waals surface area contributed by atoms with Gasteiger partial charge in [0.15, 0.2) is 5.75 Å². The van der Waals surface area contributed by atoms with Crippen LogP contribution in [-0.2, 0) is 16.0 Å². The summed E-state index contributed by atoms with van der Waals surface area (Å²) in [5.41, 5.74) is 7.75. The molecule has 10 heteroatoms. The minimum atomic E-state index is -0.876. The van der Waals surface area contributed by atoms with Crippen molar-refractivity contribution in [1.29, 1.82) is 0 Å². The van der Waals surface area contributed by atoms with E-state index in [2.05, 4.69) is 23.6 Å². The van der Waals surface area contributed by atoms with Gasteiger partial charge in [0, 0.05) is 18.4 Å². The van der Waals surface area contributed by atoms with Gasteiger partial charge in [0.05, 0.1) is 12.8 Å². The molecule has 41 heavy (non-hydrogen) atoms. The summed E-state index contributed by atoms with van der Waals surface area (Å²) in [4.78, 5) is 36.8. The number of aryl methyl sites for hydroxylation is 1. The molecule has 10 nitrogen and oxygen atoms in total. The van der Waals surface area contributed by atoms with Crippen molar-refractivity contribution >= 4 is 23.6 Å². The number of anilines is 1. The molecule has 3 amide bonds. The number of nitrogens with two attached hydrogens (primary N) is 1. The van der Waals surface area contributed by atoms with Crippen molar-refractivity contribution in [3.8, 4) is 17.2 Å². The van der Waals surface area contributed by atoms with Crippen LogP contribution in [0.4, 0.5) is 10.5 Å². The molecule has 0 spiro atoms. The monoisotopic (exact) mass is 565 g/mol. The van der Waals surface area contributed by atoms with Crippen LogP contribution < -0.4 is 21.1 Å². The molecule has 3 aliphatic carbocycles. The van der Waals surface area contributed by atoms with Crippen LogP contribution in [-0.4, -0.2) is 47.9 Å². The van der Waals surface area contributed by atoms with Gasteiger partial charge in [-0.15, -0.1) is 0 Å². The number of ether oxygens (including phenoxy) is 2. The second kappa shape index (κ2) is 11.5. The SMILES string of the molecule is COc1ccc(NC(=O)CCCNC(=O)OC2CCC3C4CCc5cc(O)ccc5C4CCC23C)c(O)c1C(N)=O. The zero-order valence-electron chi connectivity index (χ0n) is 23.6. The van der Waals surface area contributed by atoms with Gasteiger partial charge < -0.3 is 36.1 Å². The molecule has 0 aliphatic heterocycles. The average molecular weight is 566 g/mol. The Labute approximate surface area is 239 Å². The van der Waals surface area contributed by atoms with E-state index in [1.165, 1.54) is 30.4 Å². The lowest BCUT2D eigenvalue weighted by Gasteiger charge is -2.50. The van der Waals surface area contributed by atoms with Gasteiger partial charge in [-0.3, -0.25) is 9.59 Å². The molecule has 6 N–H and O–H groups in total. The Balaban J connectivity index is 1.09. The molecule has 0 radical (unpaired) electrons. The van der Waals surface area contributed by atoms with E-state index in [4.69, 9.17) is 15.2 Å². The number of primary amides is 1. The number of rotatable bonds is 8. The molecule has 2 fully saturated rings. The first-order valence-corrected chi connectivity index (χ1v) is 14.4. The molecular weight excluding hydrogens is 526 g/mol. The number of carbonyl (C=O) groups excluding carboxylic acids is 3. The van der Waals surface area contributed by atoms with Crippen LogP contribution in [0.3, 0.4) is 0 Å². The lowest BCUT2D eigenvalue weighted by molar-refractivity contribution is -0.116. The van der Waals surface area contributed by atoms with Crippen LogP contribution in [0, 0.1) is 17.3 Å². The van der Waals surface area contributed by atoms with E-state index in [0.29, 0.717) is 29.9 Å². The topological polar surface area (TPSA) is 160 Å². The molecular formula is C31H39N3O7. The van der Waals surface area contributed by atoms with Crippen LogP contribution in [0.5, 0.6) is 17.2 Å². The van der Waals surface area contributed by atoms with Crippen LogP contribution in [0.2, 0.25) is 0 Å². The van der Waals surface area contributed by atoms with Crippen LogP contribution >= 0.6 is 0 Å². The highest BCUT2D eigenvalue weighted by molar-refractivity contribution is 6.02. The number of methoxy groups -OCH3 is 1. The fourth-order valence-corrected chi connectivity index (χ4v) is 7.62. The number of nitrogens with one attached hydrogen (secondary N) is 2. The lowest BCUT2D eigenvalue weighted by Crippen LogP contribution is -2.46. The molecule has 3 aliphatic rings. The Morgan fingerprint density at radius 1 is 1.10 bits per heavy atom. The first kappa shape index (κ1) is 28.6. The third-order valence-electron chi connectivity index (χ3n) is 9.60. The molecule has 0 heterocycles. The first-order valence-electron chi connectivity index (χ1n) is 14.4. The van der Waals surface area contributed by atoms with Crippen LogP contribution in [0.25, 0.3) is 0 Å². The van der Waals surface area contributed by atoms with Crippen molar-refractivity contribution in [2.45, 2.75) is 70.3 Å². The molecule has 0 aromatic heterocycles. The summed E-state index contributed by atoms with van der Waals surface area (Å²) in [5.74, 6) is 0.274. The van der Waals surface area contributed by atoms with Crippen LogP contribution in [0.1, 0.15) is 79.3 Å². The van der Waals surface area contributed by atoms with Gasteiger partial charge >= 0.3 is 6.09 Å². The fraction of sp³-hybridized carbons (Fsp3) is 0.516. The minimum Gasteiger partial charge on any atom is -0.508 e. The molecule has 5 rings (SSSR count). The summed E-state index contributed by atoms with van der Waals surface area (Å²) < 4.78 is 11.0. The molecule has 220 valence electrons. The van der Waals surface area contributed by atoms with Crippen molar-refractivity contribution in [2.75, 3.05) is 19.0 Å². The van der Waals surface area contributed by atoms with E-state index < -0.39 is 17.7 Å². The van der Waals surface area contributed by atoms with Crippen molar-refractivity contribution in [3.63, 3.8) is 0 Å². The number of hydrogen-bond donors (Lipinski definition) is 5. The van der Waals surface area contributed by atoms with Crippen LogP contribution in [0.15, 0.2) is 30.3 Å². The van der Waals surface area contributed by atoms with E-state index in [9.17, 15) is 24.6 Å². The third kappa shape index (κ3) is 5.52. The van der Waals surface area contributed by atoms with E-state index >= 15 is 0 Å². The number of benzene rings is 2. The smallest absolute Gasteiger partial charge is 0.407 e. The number of phenols is 2. The van der Waals surface area contributed by atoms with Crippen molar-refractivity contribution in [3.05, 3.63) is 47.0 Å². The molecule has 5 atom stereocenters. The van der Waals surface area contributed by atoms with E-state index in [-0.39, 0.29) is 47.4 Å². The first-order chi connectivity index (χ1) is 19.6. The highest BCUT2D eigenvalue weighted by Gasteiger charge is 2.56. The second-order valence-electron chi connectivity index (χ2n) is 11.8. The van der Waals surface area contributed by atoms with Gasteiger partial charge in [0.2, 0.25) is 5.91 Å². The van der Waals surface area contributed by atoms with Crippen molar-refractivity contribution in [2.24, 2.45) is 23.0 Å². The molecule has 2 aromatic rings. The lowest BCUT2D eigenvalue weighted by atomic mass is 9.55. The Hall–Kier alpha value is -3.95. The Kier molecular flexibility index (Phi) is 8.02. The zero-order valence-corrected chi connectivity index (χ0v) is 23.6. The molecule has 5 unspecified atom stereocenters. The number of hydrogen-bond acceptors (Lipinski definition) is 7. The highest BCUT2D eigenvalue weighted by Crippen LogP contribution is 2.61. The van der Waals surface area contributed by atoms with Crippen molar-refractivity contribution in [1.82, 2.24) is 5.32 Å². The maximum Gasteiger partial charge on any atom is 0.407 e. The maximum absolute atomic E-state index is 12.7. The summed E-state index contributed by atoms with van der Waals surface area (Å²) in [7, 11) is 1.34. The Morgan fingerprint density at radius 3 is 2.66 bits per heavy atom. The third-order valence-corrected chi connectivity index (χ3v) is 9.60. The average Bonchev–Trinajstić information content (AvgIpc) is 3.27. The largest absolute Gasteiger partial charge is 0.508 e. The minimum absolute atomic E-state index is 0.0512. The van der Waals surface area contributed by atoms with Gasteiger partial charge in [0.1, 0.15) is 23.2 Å². The molecule has 0 saturated heterocycles. The number of carbonyl (C=O) groups is 3. The van der Waals surface area contributed by atoms with Gasteiger partial charge in [-0.05, 0) is 98.1 Å². The Morgan fingerprint density at radius 2 is 1.90 bits per heavy atom. The quantitative estimate of drug-likeness (QED) is 0.231. The number of alkyl carbamates (subject to hydrolysis) is 1. The fourth-order valence-electron chi connectivity index (χ4n) is 7.62. The predicted molar refractivity (Wildman–Crippen MR) is 152 cm³/mol. The zero-order chi connectivity index (χ0) is 29.3. The highest BCUT2D eigenvalue weighted by atomic mass is 16.6. The number of phenolic OH excluding ortho intramolecular Hbond substituents is 1. The molecule has 2 aromatic carbocycles. The predicted octanol–water partition coefficient (Wildman–Crippen LogP) is 4.58. The molecule has 2 saturated carbocycles. The standard InChI is InChI=1S/C31H39N3O7/c1-31-14-13-20-19-8-6-18(35)16-17(19)5-7-21(20)22(31)9-12-25(31)41-30(39)33-15-3-4-26(36)34-23-10-11-24(40-2)27(28(23)37)29(32)38/h6,8,10-11,16,20-22,25,35,37H,3-5,7,9,12-15H2,1-2H3,(H2,32,38)(H,33,39)(H,34,36). The van der Waals surface area contributed by atoms with Gasteiger partial charge in [-0.25, -0.2) is 4.79 Å². The Bertz CT molecular complexity index is 1350. The summed E-state index contributed by atoms with van der Waals surface area (Å²) >= 11 is 0. The van der Waals surface area contributed by atoms with Crippen molar-refractivity contribution < 1.29 is 34.1 Å². The molecule has 0 bridgehead atoms. The second-order valence-corrected chi connectivity index (χ2v) is 11.8. The number of aromatic hydroxyl groups is 2. The number of amides is 3. The van der Waals surface area contributed by atoms with E-state index in [1.54, 1.807) is 6.07 Å². The number of fused-ring (bicyclic) bond motifs is 5. The maximum atomic E-state index is 12.7. The van der Waals surface area contributed by atoms with E-state index in [0.717, 1.165) is 38.5 Å². The van der Waals surface area contributed by atoms with E-state index in [1.807, 2.05) is 6.07 Å². The summed E-state index contributed by atoms with van der Waals surface area (Å²) in [6.07, 6.45) is 5.84.